The Labute approximate surface area is 220 Å². The van der Waals surface area contributed by atoms with Crippen molar-refractivity contribution in [2.24, 2.45) is 23.2 Å². The lowest BCUT2D eigenvalue weighted by Crippen LogP contribution is -2.47. The summed E-state index contributed by atoms with van der Waals surface area (Å²) in [7, 11) is 0. The lowest BCUT2D eigenvalue weighted by atomic mass is 9.49. The van der Waals surface area contributed by atoms with Gasteiger partial charge in [0, 0.05) is 0 Å². The van der Waals surface area contributed by atoms with E-state index in [1.54, 1.807) is 5.57 Å². The van der Waals surface area contributed by atoms with E-state index in [1.165, 1.54) is 28.7 Å². The van der Waals surface area contributed by atoms with Gasteiger partial charge in [0.1, 0.15) is 5.60 Å². The maximum Gasteiger partial charge on any atom is 0.110 e. The molecular weight excluding hydrogens is 452 g/mol. The second-order valence-corrected chi connectivity index (χ2v) is 12.0. The number of aliphatic hydroxyl groups is 2. The Morgan fingerprint density at radius 3 is 2.22 bits per heavy atom. The molecule has 0 amide bonds. The first-order chi connectivity index (χ1) is 18.0. The third-order valence-electron chi connectivity index (χ3n) is 10.4. The van der Waals surface area contributed by atoms with E-state index in [2.05, 4.69) is 67.7 Å². The molecule has 2 saturated carbocycles. The molecule has 7 rings (SSSR count). The third-order valence-corrected chi connectivity index (χ3v) is 10.4. The van der Waals surface area contributed by atoms with Crippen molar-refractivity contribution in [1.29, 1.82) is 0 Å². The Morgan fingerprint density at radius 2 is 1.51 bits per heavy atom. The van der Waals surface area contributed by atoms with Gasteiger partial charge in [-0.15, -0.1) is 0 Å². The minimum Gasteiger partial charge on any atom is -0.392 e. The van der Waals surface area contributed by atoms with Gasteiger partial charge in [-0.2, -0.15) is 0 Å². The van der Waals surface area contributed by atoms with Crippen molar-refractivity contribution < 1.29 is 10.2 Å². The van der Waals surface area contributed by atoms with Gasteiger partial charge in [0.25, 0.3) is 0 Å². The summed E-state index contributed by atoms with van der Waals surface area (Å²) in [4.78, 5) is 0. The topological polar surface area (TPSA) is 40.5 Å². The largest absolute Gasteiger partial charge is 0.392 e. The Morgan fingerprint density at radius 1 is 0.838 bits per heavy atom. The zero-order chi connectivity index (χ0) is 25.2. The highest BCUT2D eigenvalue weighted by Gasteiger charge is 2.57. The van der Waals surface area contributed by atoms with Crippen LogP contribution >= 0.6 is 0 Å². The van der Waals surface area contributed by atoms with Gasteiger partial charge in [-0.25, -0.2) is 0 Å². The highest BCUT2D eigenvalue weighted by Crippen LogP contribution is 2.65. The van der Waals surface area contributed by atoms with E-state index in [-0.39, 0.29) is 12.0 Å². The van der Waals surface area contributed by atoms with E-state index in [9.17, 15) is 10.2 Å². The smallest absolute Gasteiger partial charge is 0.110 e. The SMILES string of the molecule is CC12CCC(=C3C=CC=C3)C=C1CCC1C3CCC(O)(C(CO)=C4C=CC=C4)C3=CC(=C3C=CC=C3)C12. The molecule has 0 radical (unpaired) electrons. The second kappa shape index (κ2) is 8.55. The van der Waals surface area contributed by atoms with Crippen molar-refractivity contribution in [2.45, 2.75) is 51.0 Å². The van der Waals surface area contributed by atoms with Crippen LogP contribution in [0, 0.1) is 23.2 Å². The average Bonchev–Trinajstić information content (AvgIpc) is 3.72. The van der Waals surface area contributed by atoms with Gasteiger partial charge in [-0.05, 0) is 101 Å². The summed E-state index contributed by atoms with van der Waals surface area (Å²) < 4.78 is 0. The van der Waals surface area contributed by atoms with Crippen LogP contribution in [0.5, 0.6) is 0 Å². The minimum absolute atomic E-state index is 0.116. The minimum atomic E-state index is -1.07. The summed E-state index contributed by atoms with van der Waals surface area (Å²) in [6, 6.07) is 0. The summed E-state index contributed by atoms with van der Waals surface area (Å²) >= 11 is 0. The Hall–Kier alpha value is -2.94. The maximum atomic E-state index is 12.3. The number of allylic oxidation sites excluding steroid dienone is 20. The van der Waals surface area contributed by atoms with Gasteiger partial charge < -0.3 is 10.2 Å². The van der Waals surface area contributed by atoms with Crippen LogP contribution in [-0.4, -0.2) is 22.4 Å². The molecule has 0 heterocycles. The predicted molar refractivity (Wildman–Crippen MR) is 150 cm³/mol. The molecular formula is C35H36O2. The number of fused-ring (bicyclic) bond motifs is 5. The van der Waals surface area contributed by atoms with Crippen LogP contribution in [0.2, 0.25) is 0 Å². The van der Waals surface area contributed by atoms with Crippen LogP contribution in [0.3, 0.4) is 0 Å². The molecule has 37 heavy (non-hydrogen) atoms. The van der Waals surface area contributed by atoms with Crippen LogP contribution in [0.1, 0.15) is 45.4 Å². The second-order valence-electron chi connectivity index (χ2n) is 12.0. The number of aliphatic hydroxyl groups excluding tert-OH is 1. The van der Waals surface area contributed by atoms with Gasteiger partial charge in [-0.1, -0.05) is 97.6 Å². The van der Waals surface area contributed by atoms with E-state index in [1.807, 2.05) is 24.3 Å². The van der Waals surface area contributed by atoms with Gasteiger partial charge in [0.2, 0.25) is 0 Å². The molecule has 0 bridgehead atoms. The van der Waals surface area contributed by atoms with Crippen LogP contribution in [-0.2, 0) is 0 Å². The summed E-state index contributed by atoms with van der Waals surface area (Å²) in [5.41, 5.74) is 9.10. The maximum absolute atomic E-state index is 12.3. The lowest BCUT2D eigenvalue weighted by molar-refractivity contribution is 0.0817. The van der Waals surface area contributed by atoms with Crippen LogP contribution in [0.25, 0.3) is 0 Å². The summed E-state index contributed by atoms with van der Waals surface area (Å²) in [5, 5.41) is 22.7. The Bertz CT molecular complexity index is 1350. The van der Waals surface area contributed by atoms with Crippen molar-refractivity contribution in [3.63, 3.8) is 0 Å². The molecule has 2 fully saturated rings. The Balaban J connectivity index is 1.38. The number of rotatable bonds is 2. The van der Waals surface area contributed by atoms with E-state index < -0.39 is 5.60 Å². The van der Waals surface area contributed by atoms with Gasteiger partial charge in [0.05, 0.1) is 6.61 Å². The van der Waals surface area contributed by atoms with Crippen LogP contribution in [0.15, 0.2) is 130 Å². The molecule has 0 aliphatic heterocycles. The molecule has 7 aliphatic carbocycles. The van der Waals surface area contributed by atoms with Gasteiger partial charge in [0.15, 0.2) is 0 Å². The van der Waals surface area contributed by atoms with E-state index in [0.717, 1.165) is 42.4 Å². The molecule has 5 unspecified atom stereocenters. The van der Waals surface area contributed by atoms with Crippen molar-refractivity contribution in [3.05, 3.63) is 130 Å². The molecule has 0 aromatic carbocycles. The molecule has 7 aliphatic rings. The average molecular weight is 489 g/mol. The molecule has 0 aromatic rings. The van der Waals surface area contributed by atoms with Gasteiger partial charge >= 0.3 is 0 Å². The van der Waals surface area contributed by atoms with Gasteiger partial charge in [-0.3, -0.25) is 0 Å². The van der Waals surface area contributed by atoms with Crippen molar-refractivity contribution >= 4 is 0 Å². The number of hydrogen-bond donors (Lipinski definition) is 2. The van der Waals surface area contributed by atoms with Crippen molar-refractivity contribution in [1.82, 2.24) is 0 Å². The standard InChI is InChI=1S/C35H36O2/c1-34-18-16-26(23-8-2-3-9-23)20-27(34)14-15-29-28-17-19-35(37,32(22-36)25-12-6-7-13-25)31(28)21-30(33(29)34)24-10-4-5-11-24/h2-13,20-21,28-29,33,36-37H,14-19,22H2,1H3. The van der Waals surface area contributed by atoms with Crippen LogP contribution < -0.4 is 0 Å². The fourth-order valence-corrected chi connectivity index (χ4v) is 8.59. The van der Waals surface area contributed by atoms with E-state index in [0.29, 0.717) is 24.2 Å². The van der Waals surface area contributed by atoms with Crippen molar-refractivity contribution in [2.75, 3.05) is 6.61 Å². The first-order valence-corrected chi connectivity index (χ1v) is 14.0. The van der Waals surface area contributed by atoms with Crippen LogP contribution in [0.4, 0.5) is 0 Å². The monoisotopic (exact) mass is 488 g/mol. The van der Waals surface area contributed by atoms with E-state index >= 15 is 0 Å². The molecule has 0 saturated heterocycles. The fourth-order valence-electron chi connectivity index (χ4n) is 8.59. The number of hydrogen-bond acceptors (Lipinski definition) is 2. The van der Waals surface area contributed by atoms with E-state index in [4.69, 9.17) is 0 Å². The Kier molecular flexibility index (Phi) is 5.36. The normalized spacial score (nSPS) is 36.9. The molecule has 188 valence electrons. The third kappa shape index (κ3) is 3.39. The highest BCUT2D eigenvalue weighted by molar-refractivity contribution is 5.58. The lowest BCUT2D eigenvalue weighted by Gasteiger charge is -2.55. The first kappa shape index (κ1) is 23.2. The zero-order valence-electron chi connectivity index (χ0n) is 21.7. The summed E-state index contributed by atoms with van der Waals surface area (Å²) in [5.74, 6) is 1.33. The zero-order valence-corrected chi connectivity index (χ0v) is 21.7. The molecule has 0 spiro atoms. The molecule has 2 N–H and O–H groups in total. The molecule has 5 atom stereocenters. The molecule has 2 heteroatoms. The quantitative estimate of drug-likeness (QED) is 0.436. The molecule has 2 nitrogen and oxygen atoms in total. The summed E-state index contributed by atoms with van der Waals surface area (Å²) in [6.07, 6.45) is 36.8. The fraction of sp³-hybridized carbons (Fsp3) is 0.371. The first-order valence-electron chi connectivity index (χ1n) is 14.0. The summed E-state index contributed by atoms with van der Waals surface area (Å²) in [6.45, 7) is 2.41. The highest BCUT2D eigenvalue weighted by atomic mass is 16.3. The molecule has 0 aromatic heterocycles. The van der Waals surface area contributed by atoms with Crippen molar-refractivity contribution in [3.8, 4) is 0 Å². The predicted octanol–water partition coefficient (Wildman–Crippen LogP) is 7.08.